The van der Waals surface area contributed by atoms with Gasteiger partial charge in [0, 0.05) is 5.56 Å². The Balaban J connectivity index is 0.000000167. The van der Waals surface area contributed by atoms with E-state index in [4.69, 9.17) is 10.4 Å². The second kappa shape index (κ2) is 13.3. The van der Waals surface area contributed by atoms with Crippen molar-refractivity contribution in [1.82, 2.24) is 9.97 Å². The zero-order chi connectivity index (χ0) is 21.8. The third-order valence-electron chi connectivity index (χ3n) is 3.45. The van der Waals surface area contributed by atoms with Crippen molar-refractivity contribution in [2.45, 2.75) is 0 Å². The first-order chi connectivity index (χ1) is 14.5. The van der Waals surface area contributed by atoms with E-state index in [0.717, 1.165) is 25.1 Å². The van der Waals surface area contributed by atoms with Crippen LogP contribution in [0.4, 0.5) is 5.69 Å². The number of benzene rings is 2. The fourth-order valence-corrected chi connectivity index (χ4v) is 3.39. The molecule has 0 amide bonds. The number of anilines is 1. The molecule has 0 unspecified atom stereocenters. The van der Waals surface area contributed by atoms with Gasteiger partial charge in [-0.1, -0.05) is 60.7 Å². The Morgan fingerprint density at radius 3 is 1.40 bits per heavy atom. The zero-order valence-electron chi connectivity index (χ0n) is 15.6. The van der Waals surface area contributed by atoms with Crippen LogP contribution in [0.1, 0.15) is 0 Å². The van der Waals surface area contributed by atoms with Crippen LogP contribution in [0.15, 0.2) is 111 Å². The topological polar surface area (TPSA) is 69.5 Å². The number of para-hydroxylation sites is 1. The summed E-state index contributed by atoms with van der Waals surface area (Å²) in [6.07, 6.45) is 0. The van der Waals surface area contributed by atoms with Crippen molar-refractivity contribution in [3.05, 3.63) is 111 Å². The van der Waals surface area contributed by atoms with E-state index in [0.29, 0.717) is 5.69 Å². The van der Waals surface area contributed by atoms with Gasteiger partial charge >= 0.3 is 0 Å². The molecule has 0 fully saturated rings. The maximum absolute atomic E-state index is 8.41. The molecule has 154 valence electrons. The molecule has 0 saturated carbocycles. The van der Waals surface area contributed by atoms with Crippen LogP contribution >= 0.6 is 47.8 Å². The van der Waals surface area contributed by atoms with E-state index in [9.17, 15) is 0 Å². The lowest BCUT2D eigenvalue weighted by molar-refractivity contribution is 0.0291. The first kappa shape index (κ1) is 24.2. The lowest BCUT2D eigenvalue weighted by Crippen LogP contribution is -2.10. The molecule has 4 rings (SSSR count). The van der Waals surface area contributed by atoms with Crippen LogP contribution in [0.25, 0.3) is 11.3 Å². The predicted molar refractivity (Wildman–Crippen MR) is 130 cm³/mol. The monoisotopic (exact) mass is 593 g/mol. The Kier molecular flexibility index (Phi) is 10.7. The van der Waals surface area contributed by atoms with E-state index >= 15 is 0 Å². The molecule has 0 aliphatic rings. The molecule has 2 heterocycles. The summed E-state index contributed by atoms with van der Waals surface area (Å²) < 4.78 is 2.58. The van der Waals surface area contributed by atoms with Gasteiger partial charge in [0.25, 0.3) is 0 Å². The molecule has 0 atom stereocenters. The van der Waals surface area contributed by atoms with Gasteiger partial charge in [0.15, 0.2) is 0 Å². The van der Waals surface area contributed by atoms with Crippen LogP contribution < -0.4 is 5.23 Å². The number of nitrogens with zero attached hydrogens (tertiary/aromatic N) is 3. The van der Waals surface area contributed by atoms with Crippen LogP contribution in [-0.4, -0.2) is 20.4 Å². The van der Waals surface area contributed by atoms with Gasteiger partial charge in [-0.3, -0.25) is 10.4 Å². The minimum Gasteiger partial charge on any atom is -0.264 e. The highest BCUT2D eigenvalue weighted by atomic mass is 79.9. The first-order valence-corrected chi connectivity index (χ1v) is 11.0. The van der Waals surface area contributed by atoms with Gasteiger partial charge in [-0.15, -0.1) is 5.23 Å². The molecular weight excluding hydrogens is 578 g/mol. The van der Waals surface area contributed by atoms with Crippen molar-refractivity contribution in [3.8, 4) is 11.3 Å². The van der Waals surface area contributed by atoms with Gasteiger partial charge in [0.1, 0.15) is 13.8 Å². The van der Waals surface area contributed by atoms with Crippen molar-refractivity contribution in [1.29, 1.82) is 0 Å². The molecule has 2 aromatic heterocycles. The summed E-state index contributed by atoms with van der Waals surface area (Å²) >= 11 is 9.79. The number of aromatic nitrogens is 2. The summed E-state index contributed by atoms with van der Waals surface area (Å²) in [6, 6.07) is 30.1. The summed E-state index contributed by atoms with van der Waals surface area (Å²) in [7, 11) is 0. The second-order valence-corrected chi connectivity index (χ2v) is 8.06. The molecule has 2 N–H and O–H groups in total. The Morgan fingerprint density at radius 2 is 1.00 bits per heavy atom. The van der Waals surface area contributed by atoms with Gasteiger partial charge < -0.3 is 0 Å². The van der Waals surface area contributed by atoms with E-state index in [1.54, 1.807) is 30.3 Å². The molecule has 0 saturated heterocycles. The van der Waals surface area contributed by atoms with Gasteiger partial charge in [-0.05, 0) is 84.2 Å². The minimum atomic E-state index is 0.0833. The highest BCUT2D eigenvalue weighted by Gasteiger charge is 1.97. The second-order valence-electron chi connectivity index (χ2n) is 5.62. The quantitative estimate of drug-likeness (QED) is 0.187. The van der Waals surface area contributed by atoms with E-state index in [1.807, 2.05) is 54.6 Å². The molecule has 0 bridgehead atoms. The first-order valence-electron chi connectivity index (χ1n) is 8.64. The lowest BCUT2D eigenvalue weighted by atomic mass is 10.1. The maximum Gasteiger partial charge on any atom is 0.107 e. The molecular formula is C22H18Br3N3O2. The molecule has 0 radical (unpaired) electrons. The number of rotatable bonds is 2. The summed E-state index contributed by atoms with van der Waals surface area (Å²) in [4.78, 5) is 8.37. The lowest BCUT2D eigenvalue weighted by Gasteiger charge is -2.05. The van der Waals surface area contributed by atoms with Crippen molar-refractivity contribution < 1.29 is 10.4 Å². The molecule has 2 aromatic carbocycles. The number of hydrogen-bond donors (Lipinski definition) is 2. The van der Waals surface area contributed by atoms with Crippen molar-refractivity contribution in [2.24, 2.45) is 0 Å². The zero-order valence-corrected chi connectivity index (χ0v) is 20.4. The van der Waals surface area contributed by atoms with E-state index in [1.165, 1.54) is 0 Å². The van der Waals surface area contributed by atoms with Crippen molar-refractivity contribution >= 4 is 53.5 Å². The highest BCUT2D eigenvalue weighted by Crippen LogP contribution is 2.18. The third kappa shape index (κ3) is 9.15. The molecule has 0 aliphatic carbocycles. The van der Waals surface area contributed by atoms with Crippen LogP contribution in [0.5, 0.6) is 0 Å². The molecule has 0 spiro atoms. The smallest absolute Gasteiger partial charge is 0.107 e. The summed E-state index contributed by atoms with van der Waals surface area (Å²) in [5.41, 5.74) is 2.50. The third-order valence-corrected chi connectivity index (χ3v) is 4.78. The number of pyridine rings is 2. The predicted octanol–water partition coefficient (Wildman–Crippen LogP) is 7.39. The average molecular weight is 596 g/mol. The van der Waals surface area contributed by atoms with Crippen molar-refractivity contribution in [2.75, 3.05) is 5.23 Å². The fourth-order valence-electron chi connectivity index (χ4n) is 2.12. The number of halogens is 3. The molecule has 0 aliphatic heterocycles. The number of hydrogen-bond acceptors (Lipinski definition) is 5. The van der Waals surface area contributed by atoms with Gasteiger partial charge in [-0.25, -0.2) is 9.97 Å². The molecule has 8 heteroatoms. The standard InChI is InChI=1S/C11H8BrN.C6H7NO2.C5H3Br2N/c12-11-8-4-7-10(13-11)9-5-2-1-3-6-9;8-7(9)6-4-2-1-3-5-6;6-4-2-1-3-5(7)8-4/h1-8H;1-5,8-9H;1-3H. The van der Waals surface area contributed by atoms with E-state index in [-0.39, 0.29) is 5.23 Å². The normalized spacial score (nSPS) is 9.50. The maximum atomic E-state index is 8.41. The van der Waals surface area contributed by atoms with Crippen LogP contribution in [0, 0.1) is 0 Å². The van der Waals surface area contributed by atoms with E-state index in [2.05, 4.69) is 69.9 Å². The SMILES string of the molecule is Brc1cccc(-c2ccccc2)n1.Brc1cccc(Br)n1.ON(O)c1ccccc1. The molecule has 4 aromatic rings. The van der Waals surface area contributed by atoms with E-state index < -0.39 is 0 Å². The average Bonchev–Trinajstić information content (AvgIpc) is 2.76. The van der Waals surface area contributed by atoms with Gasteiger partial charge in [0.2, 0.25) is 0 Å². The Hall–Kier alpha value is -2.10. The summed E-state index contributed by atoms with van der Waals surface area (Å²) in [5, 5.41) is 16.9. The largest absolute Gasteiger partial charge is 0.264 e. The fraction of sp³-hybridized carbons (Fsp3) is 0. The van der Waals surface area contributed by atoms with Crippen LogP contribution in [0.2, 0.25) is 0 Å². The van der Waals surface area contributed by atoms with Crippen LogP contribution in [-0.2, 0) is 0 Å². The summed E-state index contributed by atoms with van der Waals surface area (Å²) in [5.74, 6) is 0. The summed E-state index contributed by atoms with van der Waals surface area (Å²) in [6.45, 7) is 0. The Bertz CT molecular complexity index is 1000. The van der Waals surface area contributed by atoms with Gasteiger partial charge in [0.05, 0.1) is 11.4 Å². The Morgan fingerprint density at radius 1 is 0.533 bits per heavy atom. The van der Waals surface area contributed by atoms with Crippen molar-refractivity contribution in [3.63, 3.8) is 0 Å². The van der Waals surface area contributed by atoms with Gasteiger partial charge in [-0.2, -0.15) is 0 Å². The molecule has 30 heavy (non-hydrogen) atoms. The minimum absolute atomic E-state index is 0.0833. The van der Waals surface area contributed by atoms with Crippen LogP contribution in [0.3, 0.4) is 0 Å². The Labute approximate surface area is 200 Å². The molecule has 5 nitrogen and oxygen atoms in total. The highest BCUT2D eigenvalue weighted by molar-refractivity contribution is 9.11.